The molecular weight excluding hydrogens is 372 g/mol. The Kier molecular flexibility index (Phi) is 5.78. The molecule has 0 spiro atoms. The highest BCUT2D eigenvalue weighted by molar-refractivity contribution is 5.90. The summed E-state index contributed by atoms with van der Waals surface area (Å²) in [4.78, 5) is 25.3. The summed E-state index contributed by atoms with van der Waals surface area (Å²) in [5, 5.41) is 10.1. The fourth-order valence-corrected chi connectivity index (χ4v) is 8.87. The Labute approximate surface area is 183 Å². The van der Waals surface area contributed by atoms with Crippen molar-refractivity contribution in [3.05, 3.63) is 0 Å². The van der Waals surface area contributed by atoms with Crippen molar-refractivity contribution in [2.75, 3.05) is 0 Å². The zero-order valence-electron chi connectivity index (χ0n) is 20.0. The van der Waals surface area contributed by atoms with E-state index in [4.69, 9.17) is 0 Å². The molecule has 8 atom stereocenters. The van der Waals surface area contributed by atoms with Gasteiger partial charge in [0.05, 0.1) is 5.60 Å². The van der Waals surface area contributed by atoms with Gasteiger partial charge in [0.2, 0.25) is 0 Å². The first-order valence-electron chi connectivity index (χ1n) is 12.7. The van der Waals surface area contributed by atoms with Gasteiger partial charge in [-0.2, -0.15) is 0 Å². The van der Waals surface area contributed by atoms with E-state index in [1.165, 1.54) is 32.1 Å². The number of hydrogen-bond donors (Lipinski definition) is 1. The second-order valence-corrected chi connectivity index (χ2v) is 12.8. The fraction of sp³-hybridized carbons (Fsp3) is 0.926. The van der Waals surface area contributed by atoms with Crippen LogP contribution in [0, 0.1) is 46.3 Å². The minimum atomic E-state index is -0.560. The molecular formula is C27H44O3. The van der Waals surface area contributed by atoms with E-state index in [0.717, 1.165) is 31.6 Å². The molecule has 0 saturated heterocycles. The number of carbonyl (C=O) groups is 2. The predicted molar refractivity (Wildman–Crippen MR) is 120 cm³/mol. The van der Waals surface area contributed by atoms with Crippen LogP contribution in [0.1, 0.15) is 105 Å². The number of Topliss-reactive ketones (excluding diaryl/α,β-unsaturated/α-hetero) is 2. The minimum absolute atomic E-state index is 0.00214. The van der Waals surface area contributed by atoms with E-state index in [1.54, 1.807) is 0 Å². The van der Waals surface area contributed by atoms with Crippen molar-refractivity contribution >= 4 is 11.6 Å². The molecule has 4 fully saturated rings. The van der Waals surface area contributed by atoms with Gasteiger partial charge >= 0.3 is 0 Å². The molecule has 0 bridgehead atoms. The van der Waals surface area contributed by atoms with Gasteiger partial charge in [0.25, 0.3) is 0 Å². The molecule has 4 aliphatic rings. The highest BCUT2D eigenvalue weighted by Crippen LogP contribution is 2.67. The third-order valence-electron chi connectivity index (χ3n) is 10.5. The summed E-state index contributed by atoms with van der Waals surface area (Å²) in [6.45, 7) is 11.2. The van der Waals surface area contributed by atoms with Crippen molar-refractivity contribution < 1.29 is 14.7 Å². The lowest BCUT2D eigenvalue weighted by atomic mass is 9.44. The third kappa shape index (κ3) is 3.71. The smallest absolute Gasteiger partial charge is 0.137 e. The molecule has 0 aromatic rings. The van der Waals surface area contributed by atoms with Gasteiger partial charge in [0.1, 0.15) is 11.6 Å². The number of aliphatic hydroxyl groups is 1. The van der Waals surface area contributed by atoms with Crippen molar-refractivity contribution in [3.63, 3.8) is 0 Å². The Morgan fingerprint density at radius 1 is 1.03 bits per heavy atom. The summed E-state index contributed by atoms with van der Waals surface area (Å²) in [6.07, 6.45) is 11.2. The van der Waals surface area contributed by atoms with Gasteiger partial charge in [-0.1, -0.05) is 33.6 Å². The van der Waals surface area contributed by atoms with E-state index in [0.29, 0.717) is 53.5 Å². The Hall–Kier alpha value is -0.700. The van der Waals surface area contributed by atoms with Gasteiger partial charge in [-0.25, -0.2) is 0 Å². The van der Waals surface area contributed by atoms with Crippen molar-refractivity contribution in [1.29, 1.82) is 0 Å². The zero-order chi connectivity index (χ0) is 21.9. The summed E-state index contributed by atoms with van der Waals surface area (Å²) in [7, 11) is 0. The number of hydrogen-bond acceptors (Lipinski definition) is 3. The minimum Gasteiger partial charge on any atom is -0.390 e. The SMILES string of the molecule is C[C@H](CCCC(C)(C)O)[C@H]1CC[C@H]2[C@@H]3CC(=O)[C@@H]4CC(=O)CC[C@]4(C)[C@H]3CC[C@]12C. The Balaban J connectivity index is 1.49. The molecule has 1 N–H and O–H groups in total. The molecule has 4 aliphatic carbocycles. The molecule has 0 unspecified atom stereocenters. The largest absolute Gasteiger partial charge is 0.390 e. The lowest BCUT2D eigenvalue weighted by Crippen LogP contribution is -2.56. The van der Waals surface area contributed by atoms with Gasteiger partial charge in [0.15, 0.2) is 0 Å². The molecule has 30 heavy (non-hydrogen) atoms. The molecule has 0 aromatic heterocycles. The van der Waals surface area contributed by atoms with E-state index in [2.05, 4.69) is 20.8 Å². The van der Waals surface area contributed by atoms with Crippen LogP contribution in [0.3, 0.4) is 0 Å². The summed E-state index contributed by atoms with van der Waals surface area (Å²) >= 11 is 0. The maximum absolute atomic E-state index is 13.2. The lowest BCUT2D eigenvalue weighted by Gasteiger charge is -2.59. The second kappa shape index (κ2) is 7.71. The zero-order valence-corrected chi connectivity index (χ0v) is 20.0. The standard InChI is InChI=1S/C27H44O3/c1-17(7-6-12-25(2,3)30)20-8-9-21-19-16-24(29)23-15-18(28)10-13-27(23,5)22(19)11-14-26(20,21)4/h17,19-23,30H,6-16H2,1-5H3/t17-,19+,20-,21+,22+,23+,26-,27-/m1/s1. The average molecular weight is 417 g/mol. The molecule has 170 valence electrons. The Bertz CT molecular complexity index is 691. The van der Waals surface area contributed by atoms with Gasteiger partial charge < -0.3 is 5.11 Å². The number of rotatable bonds is 5. The van der Waals surface area contributed by atoms with E-state index in [-0.39, 0.29) is 11.3 Å². The summed E-state index contributed by atoms with van der Waals surface area (Å²) < 4.78 is 0. The molecule has 4 rings (SSSR count). The summed E-state index contributed by atoms with van der Waals surface area (Å²) in [6, 6.07) is 0. The quantitative estimate of drug-likeness (QED) is 0.600. The van der Waals surface area contributed by atoms with Gasteiger partial charge in [0, 0.05) is 25.2 Å². The van der Waals surface area contributed by atoms with Crippen molar-refractivity contribution in [1.82, 2.24) is 0 Å². The van der Waals surface area contributed by atoms with Crippen LogP contribution in [-0.4, -0.2) is 22.3 Å². The van der Waals surface area contributed by atoms with E-state index in [9.17, 15) is 14.7 Å². The van der Waals surface area contributed by atoms with Crippen LogP contribution in [0.25, 0.3) is 0 Å². The first-order chi connectivity index (χ1) is 14.0. The monoisotopic (exact) mass is 416 g/mol. The van der Waals surface area contributed by atoms with Crippen LogP contribution in [-0.2, 0) is 9.59 Å². The first-order valence-corrected chi connectivity index (χ1v) is 12.7. The lowest BCUT2D eigenvalue weighted by molar-refractivity contribution is -0.159. The Morgan fingerprint density at radius 3 is 2.43 bits per heavy atom. The number of carbonyl (C=O) groups excluding carboxylic acids is 2. The number of fused-ring (bicyclic) bond motifs is 5. The van der Waals surface area contributed by atoms with Gasteiger partial charge in [-0.05, 0) is 92.8 Å². The van der Waals surface area contributed by atoms with Crippen molar-refractivity contribution in [3.8, 4) is 0 Å². The molecule has 0 radical (unpaired) electrons. The first kappa shape index (κ1) is 22.5. The van der Waals surface area contributed by atoms with E-state index < -0.39 is 5.60 Å². The van der Waals surface area contributed by atoms with Crippen LogP contribution in [0.4, 0.5) is 0 Å². The van der Waals surface area contributed by atoms with E-state index in [1.807, 2.05) is 13.8 Å². The molecule has 0 aromatic carbocycles. The van der Waals surface area contributed by atoms with Crippen molar-refractivity contribution in [2.24, 2.45) is 46.3 Å². The van der Waals surface area contributed by atoms with Gasteiger partial charge in [-0.15, -0.1) is 0 Å². The van der Waals surface area contributed by atoms with Crippen molar-refractivity contribution in [2.45, 2.75) is 111 Å². The topological polar surface area (TPSA) is 54.4 Å². The van der Waals surface area contributed by atoms with Crippen LogP contribution in [0.15, 0.2) is 0 Å². The summed E-state index contributed by atoms with van der Waals surface area (Å²) in [5.74, 6) is 4.01. The molecule has 0 aliphatic heterocycles. The normalized spacial score (nSPS) is 44.9. The predicted octanol–water partition coefficient (Wildman–Crippen LogP) is 5.97. The van der Waals surface area contributed by atoms with Crippen LogP contribution < -0.4 is 0 Å². The number of ketones is 2. The van der Waals surface area contributed by atoms with E-state index >= 15 is 0 Å². The van der Waals surface area contributed by atoms with Crippen LogP contribution in [0.5, 0.6) is 0 Å². The molecule has 3 heteroatoms. The molecule has 0 heterocycles. The Morgan fingerprint density at radius 2 is 1.73 bits per heavy atom. The maximum atomic E-state index is 13.2. The average Bonchev–Trinajstić information content (AvgIpc) is 3.00. The maximum Gasteiger partial charge on any atom is 0.137 e. The molecule has 0 amide bonds. The fourth-order valence-electron chi connectivity index (χ4n) is 8.87. The summed E-state index contributed by atoms with van der Waals surface area (Å²) in [5.41, 5.74) is -0.134. The highest BCUT2D eigenvalue weighted by Gasteiger charge is 2.62. The highest BCUT2D eigenvalue weighted by atomic mass is 16.3. The third-order valence-corrected chi connectivity index (χ3v) is 10.5. The molecule has 3 nitrogen and oxygen atoms in total. The van der Waals surface area contributed by atoms with Gasteiger partial charge in [-0.3, -0.25) is 9.59 Å². The molecule has 4 saturated carbocycles. The van der Waals surface area contributed by atoms with Crippen LogP contribution in [0.2, 0.25) is 0 Å². The van der Waals surface area contributed by atoms with Crippen LogP contribution >= 0.6 is 0 Å². The second-order valence-electron chi connectivity index (χ2n) is 12.8.